The van der Waals surface area contributed by atoms with Crippen molar-refractivity contribution in [3.05, 3.63) is 28.8 Å². The van der Waals surface area contributed by atoms with E-state index in [0.717, 1.165) is 44.6 Å². The number of benzene rings is 1. The van der Waals surface area contributed by atoms with E-state index >= 15 is 0 Å². The first-order chi connectivity index (χ1) is 7.90. The number of rotatable bonds is 2. The predicted octanol–water partition coefficient (Wildman–Crippen LogP) is 3.04. The van der Waals surface area contributed by atoms with Gasteiger partial charge < -0.3 is 9.47 Å². The fourth-order valence-electron chi connectivity index (χ4n) is 2.77. The Labute approximate surface area is 96.6 Å². The first kappa shape index (κ1) is 10.2. The summed E-state index contributed by atoms with van der Waals surface area (Å²) in [7, 11) is 0. The van der Waals surface area contributed by atoms with E-state index in [1.165, 1.54) is 16.7 Å². The van der Waals surface area contributed by atoms with Gasteiger partial charge >= 0.3 is 0 Å². The molecule has 0 aliphatic carbocycles. The highest BCUT2D eigenvalue weighted by Gasteiger charge is 2.28. The van der Waals surface area contributed by atoms with Crippen LogP contribution in [0.15, 0.2) is 12.1 Å². The molecule has 0 amide bonds. The lowest BCUT2D eigenvalue weighted by Crippen LogP contribution is -2.17. The molecule has 2 aliphatic rings. The molecule has 1 aromatic rings. The SMILES string of the molecule is CCC[C@@H]1OCCc2ccc3c(c21)OCC3. The molecule has 0 saturated heterocycles. The van der Waals surface area contributed by atoms with Crippen LogP contribution in [0.2, 0.25) is 0 Å². The van der Waals surface area contributed by atoms with Crippen molar-refractivity contribution in [1.29, 1.82) is 0 Å². The molecule has 0 N–H and O–H groups in total. The summed E-state index contributed by atoms with van der Waals surface area (Å²) in [4.78, 5) is 0. The summed E-state index contributed by atoms with van der Waals surface area (Å²) >= 11 is 0. The van der Waals surface area contributed by atoms with Crippen LogP contribution in [-0.4, -0.2) is 13.2 Å². The van der Waals surface area contributed by atoms with E-state index in [1.807, 2.05) is 0 Å². The average Bonchev–Trinajstić information content (AvgIpc) is 2.77. The van der Waals surface area contributed by atoms with Gasteiger partial charge in [0.25, 0.3) is 0 Å². The van der Waals surface area contributed by atoms with Crippen molar-refractivity contribution in [3.8, 4) is 5.75 Å². The Morgan fingerprint density at radius 1 is 1.19 bits per heavy atom. The van der Waals surface area contributed by atoms with Gasteiger partial charge in [-0.05, 0) is 24.0 Å². The second-order valence-corrected chi connectivity index (χ2v) is 4.62. The van der Waals surface area contributed by atoms with Gasteiger partial charge in [-0.1, -0.05) is 25.5 Å². The Morgan fingerprint density at radius 2 is 2.00 bits per heavy atom. The van der Waals surface area contributed by atoms with Crippen LogP contribution in [0.5, 0.6) is 5.75 Å². The Kier molecular flexibility index (Phi) is 2.60. The highest BCUT2D eigenvalue weighted by Crippen LogP contribution is 2.41. The molecule has 0 aromatic heterocycles. The Balaban J connectivity index is 2.06. The topological polar surface area (TPSA) is 18.5 Å². The van der Waals surface area contributed by atoms with Crippen LogP contribution in [0.3, 0.4) is 0 Å². The third-order valence-corrected chi connectivity index (χ3v) is 3.55. The van der Waals surface area contributed by atoms with Gasteiger partial charge in [0.05, 0.1) is 19.3 Å². The molecule has 2 aliphatic heterocycles. The normalized spacial score (nSPS) is 22.4. The fourth-order valence-corrected chi connectivity index (χ4v) is 2.77. The Morgan fingerprint density at radius 3 is 2.88 bits per heavy atom. The lowest BCUT2D eigenvalue weighted by atomic mass is 9.92. The van der Waals surface area contributed by atoms with Gasteiger partial charge in [-0.25, -0.2) is 0 Å². The van der Waals surface area contributed by atoms with Crippen molar-refractivity contribution >= 4 is 0 Å². The zero-order valence-corrected chi connectivity index (χ0v) is 9.79. The third kappa shape index (κ3) is 1.52. The molecule has 0 fully saturated rings. The molecule has 2 heterocycles. The molecule has 1 atom stereocenters. The van der Waals surface area contributed by atoms with Gasteiger partial charge in [0.15, 0.2) is 0 Å². The molecule has 1 aromatic carbocycles. The molecule has 0 radical (unpaired) electrons. The minimum absolute atomic E-state index is 0.266. The number of hydrogen-bond donors (Lipinski definition) is 0. The van der Waals surface area contributed by atoms with E-state index < -0.39 is 0 Å². The largest absolute Gasteiger partial charge is 0.493 e. The van der Waals surface area contributed by atoms with Crippen molar-refractivity contribution in [2.45, 2.75) is 38.7 Å². The minimum Gasteiger partial charge on any atom is -0.493 e. The van der Waals surface area contributed by atoms with Gasteiger partial charge in [-0.15, -0.1) is 0 Å². The number of ether oxygens (including phenoxy) is 2. The molecule has 16 heavy (non-hydrogen) atoms. The van der Waals surface area contributed by atoms with Crippen molar-refractivity contribution in [2.75, 3.05) is 13.2 Å². The standard InChI is InChI=1S/C14H18O2/c1-2-3-12-13-10(6-8-15-12)4-5-11-7-9-16-14(11)13/h4-5,12H,2-3,6-9H2,1H3/t12-/m0/s1. The van der Waals surface area contributed by atoms with Gasteiger partial charge in [-0.2, -0.15) is 0 Å². The maximum Gasteiger partial charge on any atom is 0.128 e. The maximum atomic E-state index is 5.89. The summed E-state index contributed by atoms with van der Waals surface area (Å²) < 4.78 is 11.7. The lowest BCUT2D eigenvalue weighted by molar-refractivity contribution is 0.0342. The molecule has 0 saturated carbocycles. The quantitative estimate of drug-likeness (QED) is 0.759. The molecule has 3 rings (SSSR count). The van der Waals surface area contributed by atoms with Gasteiger partial charge in [-0.3, -0.25) is 0 Å². The van der Waals surface area contributed by atoms with E-state index in [4.69, 9.17) is 9.47 Å². The summed E-state index contributed by atoms with van der Waals surface area (Å²) in [5.74, 6) is 1.13. The lowest BCUT2D eigenvalue weighted by Gasteiger charge is -2.27. The first-order valence-electron chi connectivity index (χ1n) is 6.29. The van der Waals surface area contributed by atoms with Gasteiger partial charge in [0.2, 0.25) is 0 Å². The summed E-state index contributed by atoms with van der Waals surface area (Å²) in [5, 5.41) is 0. The monoisotopic (exact) mass is 218 g/mol. The molecule has 0 spiro atoms. The number of fused-ring (bicyclic) bond motifs is 3. The summed E-state index contributed by atoms with van der Waals surface area (Å²) in [6, 6.07) is 4.50. The second kappa shape index (κ2) is 4.10. The smallest absolute Gasteiger partial charge is 0.128 e. The highest BCUT2D eigenvalue weighted by molar-refractivity contribution is 5.50. The van der Waals surface area contributed by atoms with Gasteiger partial charge in [0.1, 0.15) is 5.75 Å². The van der Waals surface area contributed by atoms with Crippen molar-refractivity contribution in [2.24, 2.45) is 0 Å². The third-order valence-electron chi connectivity index (χ3n) is 3.55. The van der Waals surface area contributed by atoms with E-state index in [1.54, 1.807) is 0 Å². The van der Waals surface area contributed by atoms with Crippen LogP contribution >= 0.6 is 0 Å². The van der Waals surface area contributed by atoms with Crippen molar-refractivity contribution in [1.82, 2.24) is 0 Å². The predicted molar refractivity (Wildman–Crippen MR) is 62.9 cm³/mol. The summed E-state index contributed by atoms with van der Waals surface area (Å²) in [5.41, 5.74) is 4.15. The molecule has 2 nitrogen and oxygen atoms in total. The maximum absolute atomic E-state index is 5.89. The summed E-state index contributed by atoms with van der Waals surface area (Å²) in [6.07, 6.45) is 4.62. The van der Waals surface area contributed by atoms with Crippen LogP contribution in [-0.2, 0) is 17.6 Å². The fraction of sp³-hybridized carbons (Fsp3) is 0.571. The minimum atomic E-state index is 0.266. The first-order valence-corrected chi connectivity index (χ1v) is 6.29. The Hall–Kier alpha value is -1.02. The number of hydrogen-bond acceptors (Lipinski definition) is 2. The zero-order chi connectivity index (χ0) is 11.0. The van der Waals surface area contributed by atoms with Crippen LogP contribution in [0.1, 0.15) is 42.6 Å². The van der Waals surface area contributed by atoms with E-state index in [2.05, 4.69) is 19.1 Å². The molecular weight excluding hydrogens is 200 g/mol. The second-order valence-electron chi connectivity index (χ2n) is 4.62. The average molecular weight is 218 g/mol. The molecule has 0 unspecified atom stereocenters. The molecule has 0 bridgehead atoms. The van der Waals surface area contributed by atoms with Crippen LogP contribution in [0.25, 0.3) is 0 Å². The molecule has 2 heteroatoms. The van der Waals surface area contributed by atoms with Crippen molar-refractivity contribution < 1.29 is 9.47 Å². The summed E-state index contributed by atoms with van der Waals surface area (Å²) in [6.45, 7) is 3.91. The van der Waals surface area contributed by atoms with Crippen LogP contribution in [0, 0.1) is 0 Å². The molecule has 86 valence electrons. The molecular formula is C14H18O2. The zero-order valence-electron chi connectivity index (χ0n) is 9.79. The van der Waals surface area contributed by atoms with Crippen LogP contribution < -0.4 is 4.74 Å². The van der Waals surface area contributed by atoms with Gasteiger partial charge in [0, 0.05) is 12.0 Å². The van der Waals surface area contributed by atoms with E-state index in [0.29, 0.717) is 0 Å². The van der Waals surface area contributed by atoms with E-state index in [-0.39, 0.29) is 6.10 Å². The van der Waals surface area contributed by atoms with Crippen LogP contribution in [0.4, 0.5) is 0 Å². The van der Waals surface area contributed by atoms with E-state index in [9.17, 15) is 0 Å². The Bertz CT molecular complexity index is 398. The van der Waals surface area contributed by atoms with Crippen molar-refractivity contribution in [3.63, 3.8) is 0 Å². The highest BCUT2D eigenvalue weighted by atomic mass is 16.5.